The molecule has 0 unspecified atom stereocenters. The molecule has 2 aromatic rings. The molecule has 1 aromatic heterocycles. The first kappa shape index (κ1) is 11.6. The molecule has 2 nitrogen and oxygen atoms in total. The maximum absolute atomic E-state index is 13.3. The van der Waals surface area contributed by atoms with Crippen molar-refractivity contribution in [3.8, 4) is 5.75 Å². The van der Waals surface area contributed by atoms with Crippen LogP contribution in [0.15, 0.2) is 24.4 Å². The van der Waals surface area contributed by atoms with Gasteiger partial charge in [0.1, 0.15) is 6.61 Å². The van der Waals surface area contributed by atoms with Gasteiger partial charge in [0.15, 0.2) is 16.0 Å². The van der Waals surface area contributed by atoms with E-state index in [9.17, 15) is 4.39 Å². The second kappa shape index (κ2) is 4.99. The van der Waals surface area contributed by atoms with Gasteiger partial charge in [-0.25, -0.2) is 9.37 Å². The molecule has 0 radical (unpaired) electrons. The largest absolute Gasteiger partial charge is 0.483 e. The van der Waals surface area contributed by atoms with E-state index in [0.29, 0.717) is 4.47 Å². The van der Waals surface area contributed by atoms with Crippen LogP contribution in [0.25, 0.3) is 0 Å². The van der Waals surface area contributed by atoms with Crippen LogP contribution in [0.1, 0.15) is 4.88 Å². The van der Waals surface area contributed by atoms with Gasteiger partial charge in [0, 0.05) is 6.20 Å². The van der Waals surface area contributed by atoms with Crippen molar-refractivity contribution in [2.24, 2.45) is 0 Å². The van der Waals surface area contributed by atoms with Crippen LogP contribution in [0, 0.1) is 5.82 Å². The summed E-state index contributed by atoms with van der Waals surface area (Å²) in [5, 5.41) is 0.246. The van der Waals surface area contributed by atoms with Gasteiger partial charge in [0.25, 0.3) is 0 Å². The predicted molar refractivity (Wildman–Crippen MR) is 62.9 cm³/mol. The van der Waals surface area contributed by atoms with Crippen LogP contribution in [0.3, 0.4) is 0 Å². The van der Waals surface area contributed by atoms with E-state index in [-0.39, 0.29) is 17.4 Å². The fourth-order valence-electron chi connectivity index (χ4n) is 1.11. The average molecular weight is 278 g/mol. The second-order valence-corrected chi connectivity index (χ2v) is 5.02. The van der Waals surface area contributed by atoms with E-state index >= 15 is 0 Å². The molecule has 0 bridgehead atoms. The molecule has 1 heterocycles. The van der Waals surface area contributed by atoms with Crippen LogP contribution in [-0.2, 0) is 6.61 Å². The van der Waals surface area contributed by atoms with Crippen molar-refractivity contribution in [2.75, 3.05) is 0 Å². The zero-order valence-corrected chi connectivity index (χ0v) is 10.2. The number of hydrogen-bond acceptors (Lipinski definition) is 3. The molecule has 0 fully saturated rings. The Labute approximate surface area is 106 Å². The highest BCUT2D eigenvalue weighted by Crippen LogP contribution is 2.28. The second-order valence-electron chi connectivity index (χ2n) is 2.92. The van der Waals surface area contributed by atoms with Crippen LogP contribution < -0.4 is 4.74 Å². The highest BCUT2D eigenvalue weighted by molar-refractivity contribution is 7.15. The number of rotatable bonds is 3. The fourth-order valence-corrected chi connectivity index (χ4v) is 2.22. The molecule has 0 spiro atoms. The average Bonchev–Trinajstić information content (AvgIpc) is 2.63. The van der Waals surface area contributed by atoms with Crippen molar-refractivity contribution < 1.29 is 9.13 Å². The Balaban J connectivity index is 2.10. The van der Waals surface area contributed by atoms with Crippen LogP contribution in [0.5, 0.6) is 5.75 Å². The Morgan fingerprint density at radius 1 is 1.38 bits per heavy atom. The Hall–Kier alpha value is -0.840. The summed E-state index contributed by atoms with van der Waals surface area (Å²) in [7, 11) is 0. The van der Waals surface area contributed by atoms with E-state index in [1.165, 1.54) is 23.5 Å². The quantitative estimate of drug-likeness (QED) is 0.840. The van der Waals surface area contributed by atoms with Crippen molar-refractivity contribution in [3.05, 3.63) is 44.6 Å². The number of benzene rings is 1. The summed E-state index contributed by atoms with van der Waals surface area (Å²) >= 11 is 12.7. The van der Waals surface area contributed by atoms with Gasteiger partial charge >= 0.3 is 0 Å². The van der Waals surface area contributed by atoms with Gasteiger partial charge < -0.3 is 4.74 Å². The smallest absolute Gasteiger partial charge is 0.183 e. The first-order valence-corrected chi connectivity index (χ1v) is 5.91. The molecule has 84 valence electrons. The maximum atomic E-state index is 13.3. The molecule has 0 amide bonds. The zero-order valence-electron chi connectivity index (χ0n) is 7.91. The van der Waals surface area contributed by atoms with E-state index < -0.39 is 5.82 Å². The van der Waals surface area contributed by atoms with E-state index in [1.807, 2.05) is 0 Å². The molecule has 0 aliphatic rings. The van der Waals surface area contributed by atoms with Crippen LogP contribution in [0.4, 0.5) is 4.39 Å². The van der Waals surface area contributed by atoms with Gasteiger partial charge in [0.2, 0.25) is 0 Å². The lowest BCUT2D eigenvalue weighted by Gasteiger charge is -2.06. The van der Waals surface area contributed by atoms with Gasteiger partial charge in [-0.2, -0.15) is 0 Å². The Bertz CT molecular complexity index is 483. The normalized spacial score (nSPS) is 10.4. The highest BCUT2D eigenvalue weighted by Gasteiger charge is 2.09. The van der Waals surface area contributed by atoms with Gasteiger partial charge in [-0.1, -0.05) is 29.3 Å². The first-order chi connectivity index (χ1) is 7.66. The maximum Gasteiger partial charge on any atom is 0.183 e. The third-order valence-electron chi connectivity index (χ3n) is 1.80. The SMILES string of the molecule is Fc1cccc(Cl)c1OCc1cnc(Cl)s1. The zero-order chi connectivity index (χ0) is 11.5. The van der Waals surface area contributed by atoms with E-state index in [0.717, 1.165) is 4.88 Å². The van der Waals surface area contributed by atoms with Crippen LogP contribution >= 0.6 is 34.5 Å². The summed E-state index contributed by atoms with van der Waals surface area (Å²) in [6.45, 7) is 0.199. The molecule has 0 atom stereocenters. The minimum absolute atomic E-state index is 0.0497. The molecule has 0 aliphatic carbocycles. The Kier molecular flexibility index (Phi) is 3.63. The minimum atomic E-state index is -0.483. The fraction of sp³-hybridized carbons (Fsp3) is 0.100. The van der Waals surface area contributed by atoms with E-state index in [1.54, 1.807) is 12.3 Å². The highest BCUT2D eigenvalue weighted by atomic mass is 35.5. The Morgan fingerprint density at radius 2 is 2.19 bits per heavy atom. The van der Waals surface area contributed by atoms with Gasteiger partial charge in [0.05, 0.1) is 9.90 Å². The summed E-state index contributed by atoms with van der Waals surface area (Å²) in [4.78, 5) is 4.66. The number of nitrogens with zero attached hydrogens (tertiary/aromatic N) is 1. The number of hydrogen-bond donors (Lipinski definition) is 0. The number of halogens is 3. The molecular formula is C10H6Cl2FNOS. The van der Waals surface area contributed by atoms with Crippen molar-refractivity contribution in [1.29, 1.82) is 0 Å². The van der Waals surface area contributed by atoms with Gasteiger partial charge in [-0.05, 0) is 12.1 Å². The predicted octanol–water partition coefficient (Wildman–Crippen LogP) is 4.17. The minimum Gasteiger partial charge on any atom is -0.483 e. The van der Waals surface area contributed by atoms with E-state index in [4.69, 9.17) is 27.9 Å². The monoisotopic (exact) mass is 277 g/mol. The summed E-state index contributed by atoms with van der Waals surface area (Å²) in [5.74, 6) is -0.434. The van der Waals surface area contributed by atoms with Crippen molar-refractivity contribution >= 4 is 34.5 Å². The molecule has 0 saturated heterocycles. The molecule has 6 heteroatoms. The lowest BCUT2D eigenvalue weighted by molar-refractivity contribution is 0.293. The molecule has 0 saturated carbocycles. The number of aromatic nitrogens is 1. The molecule has 16 heavy (non-hydrogen) atoms. The summed E-state index contributed by atoms with van der Waals surface area (Å²) < 4.78 is 19.0. The van der Waals surface area contributed by atoms with Gasteiger partial charge in [-0.3, -0.25) is 0 Å². The van der Waals surface area contributed by atoms with Crippen LogP contribution in [-0.4, -0.2) is 4.98 Å². The molecular weight excluding hydrogens is 272 g/mol. The topological polar surface area (TPSA) is 22.1 Å². The van der Waals surface area contributed by atoms with Gasteiger partial charge in [-0.15, -0.1) is 11.3 Å². The van der Waals surface area contributed by atoms with E-state index in [2.05, 4.69) is 4.98 Å². The molecule has 0 aliphatic heterocycles. The number of ether oxygens (including phenoxy) is 1. The Morgan fingerprint density at radius 3 is 2.81 bits per heavy atom. The third-order valence-corrected chi connectivity index (χ3v) is 3.19. The molecule has 2 rings (SSSR count). The summed E-state index contributed by atoms with van der Waals surface area (Å²) in [6, 6.07) is 4.38. The lowest BCUT2D eigenvalue weighted by atomic mass is 10.3. The summed E-state index contributed by atoms with van der Waals surface area (Å²) in [5.41, 5.74) is 0. The third kappa shape index (κ3) is 2.64. The first-order valence-electron chi connectivity index (χ1n) is 4.34. The summed E-state index contributed by atoms with van der Waals surface area (Å²) in [6.07, 6.45) is 1.59. The van der Waals surface area contributed by atoms with Crippen molar-refractivity contribution in [3.63, 3.8) is 0 Å². The lowest BCUT2D eigenvalue weighted by Crippen LogP contribution is -1.96. The van der Waals surface area contributed by atoms with Crippen LogP contribution in [0.2, 0.25) is 9.49 Å². The standard InChI is InChI=1S/C10H6Cl2FNOS/c11-7-2-1-3-8(13)9(7)15-5-6-4-14-10(12)16-6/h1-4H,5H2. The molecule has 1 aromatic carbocycles. The molecule has 0 N–H and O–H groups in total. The van der Waals surface area contributed by atoms with Crippen molar-refractivity contribution in [2.45, 2.75) is 6.61 Å². The number of para-hydroxylation sites is 1. The van der Waals surface area contributed by atoms with Crippen molar-refractivity contribution in [1.82, 2.24) is 4.98 Å². The number of thiazole rings is 1.